The Labute approximate surface area is 144 Å². The minimum atomic E-state index is -1.26. The van der Waals surface area contributed by atoms with Gasteiger partial charge in [0.05, 0.1) is 0 Å². The molecular weight excluding hydrogens is 414 g/mol. The molecule has 20 heavy (non-hydrogen) atoms. The number of carbonyl (C=O) groups excluding carboxylic acids is 2. The number of amides is 2. The third-order valence-electron chi connectivity index (χ3n) is 2.17. The quantitative estimate of drug-likeness (QED) is 0.565. The van der Waals surface area contributed by atoms with E-state index in [2.05, 4.69) is 26.6 Å². The van der Waals surface area contributed by atoms with Crippen molar-refractivity contribution in [1.29, 1.82) is 0 Å². The van der Waals surface area contributed by atoms with Gasteiger partial charge in [-0.2, -0.15) is 0 Å². The van der Waals surface area contributed by atoms with Gasteiger partial charge in [-0.15, -0.1) is 0 Å². The van der Waals surface area contributed by atoms with Crippen molar-refractivity contribution < 1.29 is 9.59 Å². The van der Waals surface area contributed by atoms with E-state index in [-0.39, 0.29) is 0 Å². The highest BCUT2D eigenvalue weighted by Gasteiger charge is 2.22. The summed E-state index contributed by atoms with van der Waals surface area (Å²) >= 11 is 25.1. The van der Waals surface area contributed by atoms with E-state index in [1.165, 1.54) is 0 Å². The smallest absolute Gasteiger partial charge is 0.255 e. The Morgan fingerprint density at radius 3 is 1.65 bits per heavy atom. The summed E-state index contributed by atoms with van der Waals surface area (Å²) in [5.74, 6) is -1.30. The summed E-state index contributed by atoms with van der Waals surface area (Å²) < 4.78 is 0.845. The number of benzene rings is 1. The molecule has 0 aromatic heterocycles. The Balaban J connectivity index is 2.91. The van der Waals surface area contributed by atoms with Gasteiger partial charge in [0, 0.05) is 4.47 Å². The fourth-order valence-electron chi connectivity index (χ4n) is 1.27. The normalized spacial score (nSPS) is 11.0. The van der Waals surface area contributed by atoms with Crippen LogP contribution in [-0.4, -0.2) is 21.5 Å². The summed E-state index contributed by atoms with van der Waals surface area (Å²) in [5, 5.41) is 4.94. The van der Waals surface area contributed by atoms with Crippen LogP contribution in [0, 0.1) is 0 Å². The van der Waals surface area contributed by atoms with Gasteiger partial charge in [0.2, 0.25) is 0 Å². The molecule has 0 atom stereocenters. The topological polar surface area (TPSA) is 58.2 Å². The molecule has 2 N–H and O–H groups in total. The lowest BCUT2D eigenvalue weighted by Gasteiger charge is -2.21. The first kappa shape index (κ1) is 17.9. The lowest BCUT2D eigenvalue weighted by Crippen LogP contribution is -2.44. The van der Waals surface area contributed by atoms with E-state index in [0.717, 1.165) is 4.47 Å². The molecule has 0 unspecified atom stereocenters. The van der Waals surface area contributed by atoms with Crippen LogP contribution in [0.3, 0.4) is 0 Å². The molecule has 0 aliphatic heterocycles. The fourth-order valence-corrected chi connectivity index (χ4v) is 1.78. The second-order valence-corrected chi connectivity index (χ2v) is 6.71. The number of rotatable bonds is 5. The molecular formula is C11H9BrCl4N2O2. The Kier molecular flexibility index (Phi) is 7.40. The van der Waals surface area contributed by atoms with E-state index in [1.807, 2.05) is 0 Å². The molecule has 2 amide bonds. The first-order valence-electron chi connectivity index (χ1n) is 5.23. The van der Waals surface area contributed by atoms with Gasteiger partial charge in [0.1, 0.15) is 6.17 Å². The van der Waals surface area contributed by atoms with Crippen molar-refractivity contribution in [2.75, 3.05) is 0 Å². The van der Waals surface area contributed by atoms with Crippen LogP contribution < -0.4 is 10.6 Å². The number of alkyl halides is 4. The zero-order valence-electron chi connectivity index (χ0n) is 9.75. The average Bonchev–Trinajstić information content (AvgIpc) is 2.38. The average molecular weight is 423 g/mol. The largest absolute Gasteiger partial charge is 0.330 e. The molecule has 0 aliphatic rings. The minimum Gasteiger partial charge on any atom is -0.330 e. The van der Waals surface area contributed by atoms with E-state index >= 15 is 0 Å². The maximum absolute atomic E-state index is 11.5. The lowest BCUT2D eigenvalue weighted by atomic mass is 10.1. The minimum absolute atomic E-state index is 0.609. The van der Waals surface area contributed by atoms with Crippen LogP contribution in [0.25, 0.3) is 0 Å². The maximum Gasteiger partial charge on any atom is 0.255 e. The molecule has 4 nitrogen and oxygen atoms in total. The summed E-state index contributed by atoms with van der Waals surface area (Å²) in [5.41, 5.74) is 0.609. The van der Waals surface area contributed by atoms with Gasteiger partial charge < -0.3 is 10.6 Å². The first-order valence-corrected chi connectivity index (χ1v) is 7.77. The van der Waals surface area contributed by atoms with Gasteiger partial charge in [0.25, 0.3) is 11.8 Å². The molecule has 0 heterocycles. The van der Waals surface area contributed by atoms with E-state index in [4.69, 9.17) is 46.4 Å². The molecule has 110 valence electrons. The van der Waals surface area contributed by atoms with Crippen LogP contribution in [0.2, 0.25) is 0 Å². The molecule has 1 rings (SSSR count). The zero-order valence-corrected chi connectivity index (χ0v) is 14.4. The number of halogens is 5. The number of hydrogen-bond acceptors (Lipinski definition) is 2. The van der Waals surface area contributed by atoms with Crippen LogP contribution in [-0.2, 0) is 9.59 Å². The lowest BCUT2D eigenvalue weighted by molar-refractivity contribution is -0.122. The van der Waals surface area contributed by atoms with Crippen LogP contribution in [0.1, 0.15) is 11.7 Å². The molecule has 1 aromatic carbocycles. The highest BCUT2D eigenvalue weighted by molar-refractivity contribution is 9.10. The van der Waals surface area contributed by atoms with Crippen molar-refractivity contribution >= 4 is 74.1 Å². The molecule has 0 saturated heterocycles. The number of carbonyl (C=O) groups is 2. The summed E-state index contributed by atoms with van der Waals surface area (Å²) in [6.45, 7) is 0. The molecule has 0 radical (unpaired) electrons. The van der Waals surface area contributed by atoms with Gasteiger partial charge in [0.15, 0.2) is 9.67 Å². The fraction of sp³-hybridized carbons (Fsp3) is 0.273. The summed E-state index contributed by atoms with van der Waals surface area (Å²) in [7, 11) is 0. The van der Waals surface area contributed by atoms with Crippen molar-refractivity contribution in [2.45, 2.75) is 15.8 Å². The van der Waals surface area contributed by atoms with E-state index < -0.39 is 27.7 Å². The predicted molar refractivity (Wildman–Crippen MR) is 84.2 cm³/mol. The Morgan fingerprint density at radius 1 is 0.900 bits per heavy atom. The number of hydrogen-bond donors (Lipinski definition) is 2. The Hall–Kier alpha value is -0.200. The molecule has 0 saturated carbocycles. The highest BCUT2D eigenvalue weighted by Crippen LogP contribution is 2.17. The molecule has 0 aliphatic carbocycles. The SMILES string of the molecule is O=C(NC(NC(=O)C(Cl)Cl)c1ccc(Br)cc1)C(Cl)Cl. The second kappa shape index (κ2) is 8.29. The second-order valence-electron chi connectivity index (χ2n) is 3.60. The third-order valence-corrected chi connectivity index (χ3v) is 3.49. The van der Waals surface area contributed by atoms with E-state index in [1.54, 1.807) is 24.3 Å². The molecule has 0 spiro atoms. The maximum atomic E-state index is 11.5. The highest BCUT2D eigenvalue weighted by atomic mass is 79.9. The summed E-state index contributed by atoms with van der Waals surface area (Å²) in [6, 6.07) is 6.89. The van der Waals surface area contributed by atoms with Crippen molar-refractivity contribution in [3.8, 4) is 0 Å². The van der Waals surface area contributed by atoms with E-state index in [0.29, 0.717) is 5.56 Å². The van der Waals surface area contributed by atoms with Crippen molar-refractivity contribution in [2.24, 2.45) is 0 Å². The predicted octanol–water partition coefficient (Wildman–Crippen LogP) is 3.29. The Bertz CT molecular complexity index is 460. The monoisotopic (exact) mass is 420 g/mol. The van der Waals surface area contributed by atoms with Crippen molar-refractivity contribution in [1.82, 2.24) is 10.6 Å². The summed E-state index contributed by atoms with van der Waals surface area (Å²) in [6.07, 6.45) is -0.844. The van der Waals surface area contributed by atoms with Gasteiger partial charge in [-0.3, -0.25) is 9.59 Å². The van der Waals surface area contributed by atoms with Crippen LogP contribution in [0.4, 0.5) is 0 Å². The van der Waals surface area contributed by atoms with Gasteiger partial charge in [-0.25, -0.2) is 0 Å². The molecule has 9 heteroatoms. The van der Waals surface area contributed by atoms with Gasteiger partial charge >= 0.3 is 0 Å². The zero-order chi connectivity index (χ0) is 15.3. The molecule has 0 bridgehead atoms. The molecule has 0 fully saturated rings. The van der Waals surface area contributed by atoms with Crippen LogP contribution in [0.15, 0.2) is 28.7 Å². The van der Waals surface area contributed by atoms with Crippen molar-refractivity contribution in [3.05, 3.63) is 34.3 Å². The van der Waals surface area contributed by atoms with Gasteiger partial charge in [-0.1, -0.05) is 74.5 Å². The molecule has 1 aromatic rings. The van der Waals surface area contributed by atoms with Crippen LogP contribution >= 0.6 is 62.3 Å². The van der Waals surface area contributed by atoms with Crippen LogP contribution in [0.5, 0.6) is 0 Å². The van der Waals surface area contributed by atoms with Crippen molar-refractivity contribution in [3.63, 3.8) is 0 Å². The summed E-state index contributed by atoms with van der Waals surface area (Å²) in [4.78, 5) is 20.6. The Morgan fingerprint density at radius 2 is 1.30 bits per heavy atom. The third kappa shape index (κ3) is 5.66. The van der Waals surface area contributed by atoms with Gasteiger partial charge in [-0.05, 0) is 17.7 Å². The number of nitrogens with one attached hydrogen (secondary N) is 2. The standard InChI is InChI=1S/C11H9BrCl4N2O2/c12-6-3-1-5(2-4-6)9(17-10(19)7(13)14)18-11(20)8(15)16/h1-4,7-9H,(H,17,19)(H,18,20). The first-order chi connectivity index (χ1) is 9.31. The van der Waals surface area contributed by atoms with E-state index in [9.17, 15) is 9.59 Å².